The molecule has 0 aliphatic carbocycles. The van der Waals surface area contributed by atoms with Gasteiger partial charge in [-0.1, -0.05) is 5.16 Å². The Hall–Kier alpha value is -2.67. The fraction of sp³-hybridized carbons (Fsp3) is 0.450. The van der Waals surface area contributed by atoms with Crippen LogP contribution in [0.15, 0.2) is 41.6 Å². The van der Waals surface area contributed by atoms with Gasteiger partial charge >= 0.3 is 0 Å². The molecule has 0 radical (unpaired) electrons. The summed E-state index contributed by atoms with van der Waals surface area (Å²) in [4.78, 5) is 9.66. The SMILES string of the molecule is CCON=Cc1ccc(OCCN2CCN(c3ccc(C)nn3)CC2)cc1. The van der Waals surface area contributed by atoms with Gasteiger partial charge in [0.15, 0.2) is 5.82 Å². The van der Waals surface area contributed by atoms with E-state index >= 15 is 0 Å². The molecule has 0 atom stereocenters. The van der Waals surface area contributed by atoms with Crippen LogP contribution in [0.3, 0.4) is 0 Å². The Balaban J connectivity index is 1.37. The number of anilines is 1. The van der Waals surface area contributed by atoms with Crippen molar-refractivity contribution in [2.45, 2.75) is 13.8 Å². The molecule has 1 saturated heterocycles. The Bertz CT molecular complexity index is 710. The zero-order valence-electron chi connectivity index (χ0n) is 16.0. The van der Waals surface area contributed by atoms with Crippen LogP contribution in [0.2, 0.25) is 0 Å². The number of ether oxygens (including phenoxy) is 1. The summed E-state index contributed by atoms with van der Waals surface area (Å²) in [7, 11) is 0. The summed E-state index contributed by atoms with van der Waals surface area (Å²) in [6.07, 6.45) is 1.70. The van der Waals surface area contributed by atoms with Gasteiger partial charge in [0.25, 0.3) is 0 Å². The van der Waals surface area contributed by atoms with Crippen LogP contribution in [0.5, 0.6) is 5.75 Å². The van der Waals surface area contributed by atoms with Crippen molar-refractivity contribution < 1.29 is 9.57 Å². The lowest BCUT2D eigenvalue weighted by molar-refractivity contribution is 0.160. The van der Waals surface area contributed by atoms with Gasteiger partial charge in [-0.2, -0.15) is 5.10 Å². The van der Waals surface area contributed by atoms with Gasteiger partial charge in [0.05, 0.1) is 11.9 Å². The maximum absolute atomic E-state index is 5.86. The van der Waals surface area contributed by atoms with Crippen LogP contribution in [-0.2, 0) is 4.84 Å². The smallest absolute Gasteiger partial charge is 0.151 e. The lowest BCUT2D eigenvalue weighted by atomic mass is 10.2. The van der Waals surface area contributed by atoms with Crippen LogP contribution in [0, 0.1) is 6.92 Å². The van der Waals surface area contributed by atoms with E-state index in [1.165, 1.54) is 0 Å². The van der Waals surface area contributed by atoms with Gasteiger partial charge in [-0.05, 0) is 55.8 Å². The van der Waals surface area contributed by atoms with Crippen molar-refractivity contribution >= 4 is 12.0 Å². The molecular formula is C20H27N5O2. The van der Waals surface area contributed by atoms with Gasteiger partial charge in [0, 0.05) is 32.7 Å². The quantitative estimate of drug-likeness (QED) is 0.526. The molecule has 7 nitrogen and oxygen atoms in total. The maximum atomic E-state index is 5.86. The Morgan fingerprint density at radius 1 is 1.04 bits per heavy atom. The molecule has 1 fully saturated rings. The highest BCUT2D eigenvalue weighted by atomic mass is 16.6. The second kappa shape index (κ2) is 9.87. The molecule has 1 aromatic heterocycles. The van der Waals surface area contributed by atoms with Crippen molar-refractivity contribution in [2.24, 2.45) is 5.16 Å². The maximum Gasteiger partial charge on any atom is 0.151 e. The van der Waals surface area contributed by atoms with Crippen LogP contribution in [-0.4, -0.2) is 67.2 Å². The average molecular weight is 369 g/mol. The minimum Gasteiger partial charge on any atom is -0.492 e. The van der Waals surface area contributed by atoms with Gasteiger partial charge in [-0.3, -0.25) is 4.90 Å². The number of rotatable bonds is 8. The van der Waals surface area contributed by atoms with E-state index in [9.17, 15) is 0 Å². The van der Waals surface area contributed by atoms with Crippen molar-refractivity contribution in [3.05, 3.63) is 47.7 Å². The third-order valence-electron chi connectivity index (χ3n) is 4.44. The molecule has 0 saturated carbocycles. The molecule has 144 valence electrons. The lowest BCUT2D eigenvalue weighted by Gasteiger charge is -2.35. The summed E-state index contributed by atoms with van der Waals surface area (Å²) < 4.78 is 5.86. The van der Waals surface area contributed by atoms with E-state index in [4.69, 9.17) is 9.57 Å². The van der Waals surface area contributed by atoms with Gasteiger partial charge in [0.1, 0.15) is 19.0 Å². The first-order valence-corrected chi connectivity index (χ1v) is 9.40. The highest BCUT2D eigenvalue weighted by Crippen LogP contribution is 2.14. The van der Waals surface area contributed by atoms with E-state index < -0.39 is 0 Å². The number of nitrogens with zero attached hydrogens (tertiary/aromatic N) is 5. The Morgan fingerprint density at radius 3 is 2.48 bits per heavy atom. The van der Waals surface area contributed by atoms with E-state index in [2.05, 4.69) is 25.2 Å². The largest absolute Gasteiger partial charge is 0.492 e. The third kappa shape index (κ3) is 5.92. The summed E-state index contributed by atoms with van der Waals surface area (Å²) >= 11 is 0. The van der Waals surface area contributed by atoms with Crippen molar-refractivity contribution in [3.63, 3.8) is 0 Å². The minimum atomic E-state index is 0.574. The predicted molar refractivity (Wildman–Crippen MR) is 107 cm³/mol. The van der Waals surface area contributed by atoms with Crippen LogP contribution < -0.4 is 9.64 Å². The molecule has 27 heavy (non-hydrogen) atoms. The minimum absolute atomic E-state index is 0.574. The van der Waals surface area contributed by atoms with Gasteiger partial charge in [-0.25, -0.2) is 0 Å². The molecule has 0 bridgehead atoms. The second-order valence-electron chi connectivity index (χ2n) is 6.43. The summed E-state index contributed by atoms with van der Waals surface area (Å²) in [5, 5.41) is 12.3. The first kappa shape index (κ1) is 19.1. The van der Waals surface area contributed by atoms with Crippen LogP contribution in [0.1, 0.15) is 18.2 Å². The number of hydrogen-bond donors (Lipinski definition) is 0. The standard InChI is InChI=1S/C20H27N5O2/c1-3-27-21-16-18-5-7-19(8-6-18)26-15-14-24-10-12-25(13-11-24)20-9-4-17(2)22-23-20/h4-9,16H,3,10-15H2,1-2H3. The van der Waals surface area contributed by atoms with Gasteiger partial charge < -0.3 is 14.5 Å². The lowest BCUT2D eigenvalue weighted by Crippen LogP contribution is -2.47. The van der Waals surface area contributed by atoms with Crippen molar-refractivity contribution in [1.29, 1.82) is 0 Å². The van der Waals surface area contributed by atoms with E-state index in [0.29, 0.717) is 13.2 Å². The average Bonchev–Trinajstić information content (AvgIpc) is 2.71. The Kier molecular flexibility index (Phi) is 6.98. The van der Waals surface area contributed by atoms with Gasteiger partial charge in [0.2, 0.25) is 0 Å². The topological polar surface area (TPSA) is 63.1 Å². The summed E-state index contributed by atoms with van der Waals surface area (Å²) in [6.45, 7) is 9.97. The molecule has 0 amide bonds. The number of aromatic nitrogens is 2. The molecule has 0 N–H and O–H groups in total. The van der Waals surface area contributed by atoms with Crippen LogP contribution in [0.25, 0.3) is 0 Å². The number of benzene rings is 1. The number of piperazine rings is 1. The monoisotopic (exact) mass is 369 g/mol. The van der Waals surface area contributed by atoms with Crippen molar-refractivity contribution in [2.75, 3.05) is 50.8 Å². The molecule has 0 unspecified atom stereocenters. The molecule has 1 aliphatic rings. The molecule has 1 aromatic carbocycles. The van der Waals surface area contributed by atoms with E-state index in [-0.39, 0.29) is 0 Å². The fourth-order valence-corrected chi connectivity index (χ4v) is 2.88. The Labute approximate surface area is 160 Å². The third-order valence-corrected chi connectivity index (χ3v) is 4.44. The van der Waals surface area contributed by atoms with Crippen molar-refractivity contribution in [3.8, 4) is 5.75 Å². The number of aryl methyl sites for hydroxylation is 1. The van der Waals surface area contributed by atoms with Crippen LogP contribution >= 0.6 is 0 Å². The van der Waals surface area contributed by atoms with Crippen molar-refractivity contribution in [1.82, 2.24) is 15.1 Å². The summed E-state index contributed by atoms with van der Waals surface area (Å²) in [6, 6.07) is 11.9. The first-order chi connectivity index (χ1) is 13.2. The molecule has 2 aromatic rings. The van der Waals surface area contributed by atoms with E-state index in [1.807, 2.05) is 50.2 Å². The number of oxime groups is 1. The first-order valence-electron chi connectivity index (χ1n) is 9.40. The molecule has 7 heteroatoms. The fourth-order valence-electron chi connectivity index (χ4n) is 2.88. The highest BCUT2D eigenvalue weighted by Gasteiger charge is 2.18. The van der Waals surface area contributed by atoms with E-state index in [0.717, 1.165) is 55.5 Å². The van der Waals surface area contributed by atoms with Crippen LogP contribution in [0.4, 0.5) is 5.82 Å². The molecular weight excluding hydrogens is 342 g/mol. The van der Waals surface area contributed by atoms with E-state index in [1.54, 1.807) is 6.21 Å². The summed E-state index contributed by atoms with van der Waals surface area (Å²) in [5.74, 6) is 1.83. The number of hydrogen-bond acceptors (Lipinski definition) is 7. The molecule has 1 aliphatic heterocycles. The summed E-state index contributed by atoms with van der Waals surface area (Å²) in [5.41, 5.74) is 1.94. The van der Waals surface area contributed by atoms with Gasteiger partial charge in [-0.15, -0.1) is 5.10 Å². The molecule has 3 rings (SSSR count). The molecule has 2 heterocycles. The normalized spacial score (nSPS) is 15.3. The molecule has 0 spiro atoms. The second-order valence-corrected chi connectivity index (χ2v) is 6.43. The highest BCUT2D eigenvalue weighted by molar-refractivity contribution is 5.79. The zero-order chi connectivity index (χ0) is 18.9. The predicted octanol–water partition coefficient (Wildman–Crippen LogP) is 2.36. The zero-order valence-corrected chi connectivity index (χ0v) is 16.0. The Morgan fingerprint density at radius 2 is 1.81 bits per heavy atom.